The molecule has 0 spiro atoms. The van der Waals surface area contributed by atoms with Crippen LogP contribution in [0.15, 0.2) is 24.3 Å². The zero-order valence-electron chi connectivity index (χ0n) is 16.4. The zero-order chi connectivity index (χ0) is 19.4. The minimum absolute atomic E-state index is 0.0851. The molecule has 1 aliphatic heterocycles. The van der Waals surface area contributed by atoms with E-state index in [4.69, 9.17) is 4.74 Å². The van der Waals surface area contributed by atoms with Crippen LogP contribution < -0.4 is 5.32 Å². The van der Waals surface area contributed by atoms with E-state index in [1.807, 2.05) is 25.7 Å². The fourth-order valence-corrected chi connectivity index (χ4v) is 3.44. The van der Waals surface area contributed by atoms with Crippen molar-refractivity contribution >= 4 is 12.0 Å². The Morgan fingerprint density at radius 1 is 1.11 bits per heavy atom. The Balaban J connectivity index is 1.43. The maximum Gasteiger partial charge on any atom is 0.407 e. The van der Waals surface area contributed by atoms with Gasteiger partial charge in [0.1, 0.15) is 5.60 Å². The Hall–Kier alpha value is -2.48. The van der Waals surface area contributed by atoms with E-state index in [0.717, 1.165) is 38.8 Å². The second-order valence-corrected chi connectivity index (χ2v) is 8.34. The summed E-state index contributed by atoms with van der Waals surface area (Å²) >= 11 is 0. The maximum atomic E-state index is 12.4. The Morgan fingerprint density at radius 3 is 2.26 bits per heavy atom. The van der Waals surface area contributed by atoms with Crippen LogP contribution in [0.2, 0.25) is 0 Å². The van der Waals surface area contributed by atoms with E-state index < -0.39 is 5.60 Å². The summed E-state index contributed by atoms with van der Waals surface area (Å²) in [5.41, 5.74) is 2.17. The third kappa shape index (κ3) is 5.50. The van der Waals surface area contributed by atoms with Crippen LogP contribution >= 0.6 is 0 Å². The van der Waals surface area contributed by atoms with Crippen LogP contribution in [0.1, 0.15) is 44.7 Å². The summed E-state index contributed by atoms with van der Waals surface area (Å²) in [6, 6.07) is 8.47. The summed E-state index contributed by atoms with van der Waals surface area (Å²) in [5.74, 6) is 5.96. The molecule has 0 atom stereocenters. The van der Waals surface area contributed by atoms with E-state index in [1.165, 1.54) is 11.1 Å². The SMILES string of the molecule is CC(C)(C)OC(=O)NC1CC(C#CC(=O)N2CCc3ccccc3CC2)C1. The lowest BCUT2D eigenvalue weighted by Crippen LogP contribution is -2.46. The van der Waals surface area contributed by atoms with Gasteiger partial charge in [0.25, 0.3) is 5.91 Å². The number of hydrogen-bond acceptors (Lipinski definition) is 3. The van der Waals surface area contributed by atoms with Gasteiger partial charge in [-0.3, -0.25) is 4.79 Å². The molecule has 1 aliphatic carbocycles. The summed E-state index contributed by atoms with van der Waals surface area (Å²) in [4.78, 5) is 26.0. The number of amides is 2. The summed E-state index contributed by atoms with van der Waals surface area (Å²) < 4.78 is 5.25. The van der Waals surface area contributed by atoms with E-state index in [0.29, 0.717) is 0 Å². The number of benzene rings is 1. The largest absolute Gasteiger partial charge is 0.444 e. The highest BCUT2D eigenvalue weighted by Gasteiger charge is 2.30. The number of carbonyl (C=O) groups excluding carboxylic acids is 2. The predicted octanol–water partition coefficient (Wildman–Crippen LogP) is 2.92. The smallest absolute Gasteiger partial charge is 0.407 e. The van der Waals surface area contributed by atoms with Crippen molar-refractivity contribution in [1.82, 2.24) is 10.2 Å². The highest BCUT2D eigenvalue weighted by Crippen LogP contribution is 2.27. The lowest BCUT2D eigenvalue weighted by molar-refractivity contribution is -0.125. The summed E-state index contributed by atoms with van der Waals surface area (Å²) in [5, 5.41) is 2.85. The van der Waals surface area contributed by atoms with Crippen LogP contribution in [0, 0.1) is 17.8 Å². The molecule has 5 nitrogen and oxygen atoms in total. The average Bonchev–Trinajstić information content (AvgIpc) is 2.77. The molecule has 0 saturated heterocycles. The standard InChI is InChI=1S/C22H28N2O3/c1-22(2,3)27-21(26)23-19-14-16(15-19)8-9-20(25)24-12-10-17-6-4-5-7-18(17)11-13-24/h4-7,16,19H,10-15H2,1-3H3,(H,23,26). The number of fused-ring (bicyclic) bond motifs is 1. The fraction of sp³-hybridized carbons (Fsp3) is 0.545. The molecule has 5 heteroatoms. The number of ether oxygens (including phenoxy) is 1. The van der Waals surface area contributed by atoms with Gasteiger partial charge in [0.2, 0.25) is 0 Å². The Bertz CT molecular complexity index is 737. The topological polar surface area (TPSA) is 58.6 Å². The Morgan fingerprint density at radius 2 is 1.70 bits per heavy atom. The number of carbonyl (C=O) groups is 2. The van der Waals surface area contributed by atoms with Gasteiger partial charge in [-0.1, -0.05) is 30.2 Å². The minimum Gasteiger partial charge on any atom is -0.444 e. The van der Waals surface area contributed by atoms with Crippen LogP contribution in [-0.4, -0.2) is 41.6 Å². The molecule has 1 heterocycles. The zero-order valence-corrected chi connectivity index (χ0v) is 16.4. The molecule has 0 aromatic heterocycles. The molecule has 0 radical (unpaired) electrons. The first-order chi connectivity index (χ1) is 12.8. The molecule has 27 heavy (non-hydrogen) atoms. The summed E-state index contributed by atoms with van der Waals surface area (Å²) in [6.07, 6.45) is 2.92. The third-order valence-electron chi connectivity index (χ3n) is 4.95. The van der Waals surface area contributed by atoms with Crippen LogP contribution in [0.3, 0.4) is 0 Å². The van der Waals surface area contributed by atoms with E-state index in [2.05, 4.69) is 41.4 Å². The van der Waals surface area contributed by atoms with Gasteiger partial charge in [0.05, 0.1) is 0 Å². The van der Waals surface area contributed by atoms with Crippen LogP contribution in [-0.2, 0) is 22.4 Å². The van der Waals surface area contributed by atoms with Gasteiger partial charge in [-0.15, -0.1) is 0 Å². The molecule has 3 rings (SSSR count). The Labute approximate surface area is 161 Å². The lowest BCUT2D eigenvalue weighted by Gasteiger charge is -2.33. The van der Waals surface area contributed by atoms with Crippen molar-refractivity contribution in [2.45, 2.75) is 58.1 Å². The van der Waals surface area contributed by atoms with Gasteiger partial charge in [-0.25, -0.2) is 4.79 Å². The molecular weight excluding hydrogens is 340 g/mol. The second kappa shape index (κ2) is 8.04. The van der Waals surface area contributed by atoms with Crippen molar-refractivity contribution in [2.75, 3.05) is 13.1 Å². The molecular formula is C22H28N2O3. The van der Waals surface area contributed by atoms with Crippen molar-refractivity contribution in [3.63, 3.8) is 0 Å². The number of alkyl carbamates (subject to hydrolysis) is 1. The van der Waals surface area contributed by atoms with Crippen molar-refractivity contribution in [1.29, 1.82) is 0 Å². The van der Waals surface area contributed by atoms with Gasteiger partial charge in [-0.2, -0.15) is 0 Å². The number of nitrogens with one attached hydrogen (secondary N) is 1. The highest BCUT2D eigenvalue weighted by atomic mass is 16.6. The quantitative estimate of drug-likeness (QED) is 0.776. The van der Waals surface area contributed by atoms with Gasteiger partial charge >= 0.3 is 6.09 Å². The van der Waals surface area contributed by atoms with E-state index in [-0.39, 0.29) is 24.0 Å². The van der Waals surface area contributed by atoms with Crippen molar-refractivity contribution in [3.05, 3.63) is 35.4 Å². The summed E-state index contributed by atoms with van der Waals surface area (Å²) in [7, 11) is 0. The maximum absolute atomic E-state index is 12.4. The molecule has 1 saturated carbocycles. The third-order valence-corrected chi connectivity index (χ3v) is 4.95. The van der Waals surface area contributed by atoms with Gasteiger partial charge in [-0.05, 0) is 63.5 Å². The molecule has 1 N–H and O–H groups in total. The van der Waals surface area contributed by atoms with E-state index in [9.17, 15) is 9.59 Å². The highest BCUT2D eigenvalue weighted by molar-refractivity contribution is 5.93. The van der Waals surface area contributed by atoms with Crippen molar-refractivity contribution in [2.24, 2.45) is 5.92 Å². The first-order valence-corrected chi connectivity index (χ1v) is 9.67. The first kappa shape index (κ1) is 19.3. The lowest BCUT2D eigenvalue weighted by atomic mass is 9.81. The number of hydrogen-bond donors (Lipinski definition) is 1. The minimum atomic E-state index is -0.494. The van der Waals surface area contributed by atoms with Crippen molar-refractivity contribution in [3.8, 4) is 11.8 Å². The fourth-order valence-electron chi connectivity index (χ4n) is 3.44. The van der Waals surface area contributed by atoms with Gasteiger partial charge < -0.3 is 15.0 Å². The van der Waals surface area contributed by atoms with Gasteiger partial charge in [0, 0.05) is 25.0 Å². The normalized spacial score (nSPS) is 21.7. The molecule has 0 unspecified atom stereocenters. The van der Waals surface area contributed by atoms with Gasteiger partial charge in [0.15, 0.2) is 0 Å². The predicted molar refractivity (Wildman–Crippen MR) is 104 cm³/mol. The molecule has 1 aromatic carbocycles. The molecule has 1 fully saturated rings. The molecule has 2 amide bonds. The first-order valence-electron chi connectivity index (χ1n) is 9.67. The van der Waals surface area contributed by atoms with Crippen LogP contribution in [0.5, 0.6) is 0 Å². The van der Waals surface area contributed by atoms with E-state index in [1.54, 1.807) is 0 Å². The number of nitrogens with zero attached hydrogens (tertiary/aromatic N) is 1. The summed E-state index contributed by atoms with van der Waals surface area (Å²) in [6.45, 7) is 6.97. The van der Waals surface area contributed by atoms with Crippen LogP contribution in [0.4, 0.5) is 4.79 Å². The molecule has 2 aliphatic rings. The molecule has 1 aromatic rings. The van der Waals surface area contributed by atoms with Crippen LogP contribution in [0.25, 0.3) is 0 Å². The van der Waals surface area contributed by atoms with E-state index >= 15 is 0 Å². The second-order valence-electron chi connectivity index (χ2n) is 8.34. The Kier molecular flexibility index (Phi) is 5.74. The molecule has 144 valence electrons. The average molecular weight is 368 g/mol. The van der Waals surface area contributed by atoms with Crippen molar-refractivity contribution < 1.29 is 14.3 Å². The monoisotopic (exact) mass is 368 g/mol. The number of rotatable bonds is 1. The molecule has 0 bridgehead atoms.